The van der Waals surface area contributed by atoms with E-state index in [1.165, 1.54) is 0 Å². The zero-order valence-corrected chi connectivity index (χ0v) is 18.4. The van der Waals surface area contributed by atoms with Gasteiger partial charge in [0, 0.05) is 24.2 Å². The molecule has 1 aliphatic carbocycles. The van der Waals surface area contributed by atoms with Crippen molar-refractivity contribution in [3.8, 4) is 0 Å². The molecular weight excluding hydrogens is 376 g/mol. The van der Waals surface area contributed by atoms with Gasteiger partial charge in [-0.3, -0.25) is 9.48 Å². The number of aromatic amines is 1. The summed E-state index contributed by atoms with van der Waals surface area (Å²) >= 11 is 0. The van der Waals surface area contributed by atoms with Gasteiger partial charge in [-0.25, -0.2) is 10.4 Å². The highest BCUT2D eigenvalue weighted by Crippen LogP contribution is 2.59. The molecule has 0 aliphatic heterocycles. The first kappa shape index (κ1) is 20.3. The first-order valence-electron chi connectivity index (χ1n) is 10.6. The molecule has 30 heavy (non-hydrogen) atoms. The number of hydrazone groups is 1. The first-order valence-corrected chi connectivity index (χ1v) is 10.6. The third-order valence-electron chi connectivity index (χ3n) is 7.14. The van der Waals surface area contributed by atoms with E-state index in [9.17, 15) is 4.79 Å². The van der Waals surface area contributed by atoms with Gasteiger partial charge in [0.1, 0.15) is 5.82 Å². The molecule has 2 heterocycles. The molecule has 0 bridgehead atoms. The van der Waals surface area contributed by atoms with Crippen molar-refractivity contribution in [2.75, 3.05) is 0 Å². The fourth-order valence-electron chi connectivity index (χ4n) is 4.63. The largest absolute Gasteiger partial charge is 0.342 e. The van der Waals surface area contributed by atoms with Crippen LogP contribution in [0.3, 0.4) is 0 Å². The van der Waals surface area contributed by atoms with E-state index >= 15 is 0 Å². The number of fused-ring (bicyclic) bond motifs is 1. The van der Waals surface area contributed by atoms with Gasteiger partial charge < -0.3 is 4.98 Å². The van der Waals surface area contributed by atoms with Crippen molar-refractivity contribution < 1.29 is 4.79 Å². The summed E-state index contributed by atoms with van der Waals surface area (Å²) in [5, 5.41) is 8.64. The van der Waals surface area contributed by atoms with E-state index in [1.54, 1.807) is 6.21 Å². The fraction of sp³-hybridized carbons (Fsp3) is 0.478. The zero-order chi connectivity index (χ0) is 21.5. The molecular formula is C23H30N6O. The van der Waals surface area contributed by atoms with Crippen LogP contribution in [-0.2, 0) is 11.3 Å². The highest BCUT2D eigenvalue weighted by atomic mass is 16.2. The SMILES string of the molecule is CCn1cc(/C=N\NC(=O)[C@]2(C)CC[C@H](c3nc4ccccc4[nH]3)C2(C)C)c(C)n1. The average Bonchev–Trinajstić information content (AvgIpc) is 3.36. The van der Waals surface area contributed by atoms with E-state index < -0.39 is 5.41 Å². The molecule has 1 saturated carbocycles. The molecule has 2 atom stereocenters. The van der Waals surface area contributed by atoms with Gasteiger partial charge in [0.05, 0.1) is 28.4 Å². The maximum atomic E-state index is 13.2. The van der Waals surface area contributed by atoms with Crippen LogP contribution in [0.25, 0.3) is 11.0 Å². The quantitative estimate of drug-likeness (QED) is 0.493. The summed E-state index contributed by atoms with van der Waals surface area (Å²) in [4.78, 5) is 21.5. The van der Waals surface area contributed by atoms with E-state index in [1.807, 2.05) is 55.9 Å². The third-order valence-corrected chi connectivity index (χ3v) is 7.14. The Balaban J connectivity index is 1.52. The second-order valence-corrected chi connectivity index (χ2v) is 9.01. The summed E-state index contributed by atoms with van der Waals surface area (Å²) in [6, 6.07) is 8.05. The van der Waals surface area contributed by atoms with Crippen LogP contribution >= 0.6 is 0 Å². The molecule has 7 heteroatoms. The second-order valence-electron chi connectivity index (χ2n) is 9.01. The number of nitrogens with one attached hydrogen (secondary N) is 2. The molecule has 0 saturated heterocycles. The van der Waals surface area contributed by atoms with Crippen LogP contribution in [0.15, 0.2) is 35.6 Å². The molecule has 2 aromatic heterocycles. The molecule has 2 N–H and O–H groups in total. The van der Waals surface area contributed by atoms with Gasteiger partial charge in [-0.15, -0.1) is 0 Å². The van der Waals surface area contributed by atoms with Gasteiger partial charge in [0.25, 0.3) is 0 Å². The number of nitrogens with zero attached hydrogens (tertiary/aromatic N) is 4. The molecule has 1 aromatic carbocycles. The minimum atomic E-state index is -0.545. The van der Waals surface area contributed by atoms with Gasteiger partial charge in [0.2, 0.25) is 5.91 Å². The van der Waals surface area contributed by atoms with E-state index in [0.29, 0.717) is 0 Å². The Hall–Kier alpha value is -2.96. The Bertz CT molecular complexity index is 1080. The Morgan fingerprint density at radius 1 is 1.37 bits per heavy atom. The average molecular weight is 407 g/mol. The molecule has 0 spiro atoms. The van der Waals surface area contributed by atoms with Crippen LogP contribution in [0, 0.1) is 17.8 Å². The highest BCUT2D eigenvalue weighted by Gasteiger charge is 2.57. The standard InChI is InChI=1S/C23H30N6O/c1-6-29-14-16(15(2)28-29)13-24-27-21(30)23(5)12-11-17(22(23,3)4)20-25-18-9-7-8-10-19(18)26-20/h7-10,13-14,17H,6,11-12H2,1-5H3,(H,25,26)(H,27,30)/b24-13-/t17-,23+/m1/s1. The number of aryl methyl sites for hydroxylation is 2. The number of rotatable bonds is 5. The third kappa shape index (κ3) is 3.22. The van der Waals surface area contributed by atoms with Crippen molar-refractivity contribution >= 4 is 23.2 Å². The number of benzene rings is 1. The topological polar surface area (TPSA) is 88.0 Å². The molecule has 0 unspecified atom stereocenters. The molecule has 7 nitrogen and oxygen atoms in total. The van der Waals surface area contributed by atoms with Gasteiger partial charge in [-0.1, -0.05) is 32.9 Å². The highest BCUT2D eigenvalue weighted by molar-refractivity contribution is 5.86. The zero-order valence-electron chi connectivity index (χ0n) is 18.4. The predicted octanol–water partition coefficient (Wildman–Crippen LogP) is 4.15. The first-order chi connectivity index (χ1) is 14.3. The minimum Gasteiger partial charge on any atom is -0.342 e. The molecule has 1 fully saturated rings. The monoisotopic (exact) mass is 406 g/mol. The van der Waals surface area contributed by atoms with Crippen LogP contribution in [-0.4, -0.2) is 31.9 Å². The Morgan fingerprint density at radius 2 is 2.13 bits per heavy atom. The molecule has 158 valence electrons. The smallest absolute Gasteiger partial charge is 0.246 e. The van der Waals surface area contributed by atoms with E-state index in [2.05, 4.69) is 34.5 Å². The summed E-state index contributed by atoms with van der Waals surface area (Å²) in [7, 11) is 0. The summed E-state index contributed by atoms with van der Waals surface area (Å²) in [6.07, 6.45) is 5.30. The summed E-state index contributed by atoms with van der Waals surface area (Å²) < 4.78 is 1.86. The van der Waals surface area contributed by atoms with Crippen LogP contribution in [0.5, 0.6) is 0 Å². The fourth-order valence-corrected chi connectivity index (χ4v) is 4.63. The van der Waals surface area contributed by atoms with Crippen molar-refractivity contribution in [1.82, 2.24) is 25.2 Å². The van der Waals surface area contributed by atoms with Crippen molar-refractivity contribution in [2.45, 2.75) is 59.9 Å². The number of carbonyl (C=O) groups excluding carboxylic acids is 1. The van der Waals surface area contributed by atoms with Gasteiger partial charge in [-0.05, 0) is 44.2 Å². The van der Waals surface area contributed by atoms with Crippen molar-refractivity contribution in [3.05, 3.63) is 47.5 Å². The van der Waals surface area contributed by atoms with Crippen molar-refractivity contribution in [2.24, 2.45) is 15.9 Å². The van der Waals surface area contributed by atoms with E-state index in [-0.39, 0.29) is 17.2 Å². The lowest BCUT2D eigenvalue weighted by molar-refractivity contribution is -0.135. The molecule has 3 aromatic rings. The lowest BCUT2D eigenvalue weighted by atomic mass is 9.65. The minimum absolute atomic E-state index is 0.0529. The maximum Gasteiger partial charge on any atom is 0.246 e. The number of H-pyrrole nitrogens is 1. The second kappa shape index (κ2) is 7.38. The number of carbonyl (C=O) groups is 1. The number of para-hydroxylation sites is 2. The lowest BCUT2D eigenvalue weighted by Crippen LogP contribution is -2.45. The number of hydrogen-bond donors (Lipinski definition) is 2. The summed E-state index contributed by atoms with van der Waals surface area (Å²) in [6.45, 7) is 11.1. The van der Waals surface area contributed by atoms with Crippen LogP contribution in [0.4, 0.5) is 0 Å². The number of aromatic nitrogens is 4. The van der Waals surface area contributed by atoms with Gasteiger partial charge in [-0.2, -0.15) is 10.2 Å². The molecule has 0 radical (unpaired) electrons. The van der Waals surface area contributed by atoms with E-state index in [0.717, 1.165) is 47.5 Å². The van der Waals surface area contributed by atoms with Crippen LogP contribution in [0.2, 0.25) is 0 Å². The normalized spacial score (nSPS) is 23.4. The van der Waals surface area contributed by atoms with Crippen molar-refractivity contribution in [1.29, 1.82) is 0 Å². The lowest BCUT2D eigenvalue weighted by Gasteiger charge is -2.39. The molecule has 1 aliphatic rings. The molecule has 4 rings (SSSR count). The Morgan fingerprint density at radius 3 is 2.83 bits per heavy atom. The van der Waals surface area contributed by atoms with Crippen molar-refractivity contribution in [3.63, 3.8) is 0 Å². The predicted molar refractivity (Wildman–Crippen MR) is 118 cm³/mol. The van der Waals surface area contributed by atoms with Gasteiger partial charge >= 0.3 is 0 Å². The van der Waals surface area contributed by atoms with Crippen LogP contribution in [0.1, 0.15) is 63.5 Å². The number of imidazole rings is 1. The Labute approximate surface area is 177 Å². The number of hydrogen-bond acceptors (Lipinski definition) is 4. The summed E-state index contributed by atoms with van der Waals surface area (Å²) in [5.74, 6) is 1.08. The van der Waals surface area contributed by atoms with Gasteiger partial charge in [0.15, 0.2) is 0 Å². The Kier molecular flexibility index (Phi) is 5.00. The van der Waals surface area contributed by atoms with E-state index in [4.69, 9.17) is 4.98 Å². The number of amides is 1. The maximum absolute atomic E-state index is 13.2. The van der Waals surface area contributed by atoms with Crippen LogP contribution < -0.4 is 5.43 Å². The summed E-state index contributed by atoms with van der Waals surface area (Å²) in [5.41, 5.74) is 5.77. The molecule has 1 amide bonds.